The minimum atomic E-state index is -0.353. The van der Waals surface area contributed by atoms with Gasteiger partial charge < -0.3 is 19.5 Å². The van der Waals surface area contributed by atoms with Crippen molar-refractivity contribution < 1.29 is 19.4 Å². The van der Waals surface area contributed by atoms with Crippen molar-refractivity contribution in [2.75, 3.05) is 45.4 Å². The van der Waals surface area contributed by atoms with Crippen molar-refractivity contribution in [1.29, 1.82) is 0 Å². The maximum Gasteiger partial charge on any atom is 0.339 e. The second-order valence-electron chi connectivity index (χ2n) is 3.77. The van der Waals surface area contributed by atoms with Gasteiger partial charge in [-0.05, 0) is 12.1 Å². The molecule has 0 saturated carbocycles. The van der Waals surface area contributed by atoms with Crippen molar-refractivity contribution >= 4 is 11.7 Å². The zero-order valence-corrected chi connectivity index (χ0v) is 10.8. The van der Waals surface area contributed by atoms with Crippen LogP contribution in [-0.4, -0.2) is 51.6 Å². The molecule has 0 heterocycles. The number of likely N-dealkylation sites (N-methyl/N-ethyl adjacent to an activating group) is 1. The summed E-state index contributed by atoms with van der Waals surface area (Å²) < 4.78 is 9.93. The molecule has 18 heavy (non-hydrogen) atoms. The predicted octanol–water partition coefficient (Wildman–Crippen LogP) is 0.918. The SMILES string of the molecule is COC(=O)c1ccccc1N(C)CCOCCO. The lowest BCUT2D eigenvalue weighted by atomic mass is 10.1. The minimum absolute atomic E-state index is 0.0163. The molecule has 0 spiro atoms. The lowest BCUT2D eigenvalue weighted by Crippen LogP contribution is -2.25. The van der Waals surface area contributed by atoms with Crippen molar-refractivity contribution in [3.05, 3.63) is 29.8 Å². The number of carbonyl (C=O) groups is 1. The number of aliphatic hydroxyl groups excluding tert-OH is 1. The molecule has 0 radical (unpaired) electrons. The fraction of sp³-hybridized carbons (Fsp3) is 0.462. The van der Waals surface area contributed by atoms with Crippen LogP contribution in [0.5, 0.6) is 0 Å². The number of hydrogen-bond acceptors (Lipinski definition) is 5. The highest BCUT2D eigenvalue weighted by molar-refractivity contribution is 5.95. The van der Waals surface area contributed by atoms with E-state index in [9.17, 15) is 4.79 Å². The first-order chi connectivity index (χ1) is 8.70. The molecule has 0 amide bonds. The summed E-state index contributed by atoms with van der Waals surface area (Å²) in [6.07, 6.45) is 0. The first-order valence-corrected chi connectivity index (χ1v) is 5.77. The molecule has 100 valence electrons. The number of carbonyl (C=O) groups excluding carboxylic acids is 1. The number of esters is 1. The number of anilines is 1. The zero-order chi connectivity index (χ0) is 13.4. The second kappa shape index (κ2) is 7.68. The molecule has 1 aromatic rings. The van der Waals surface area contributed by atoms with Crippen LogP contribution in [0.25, 0.3) is 0 Å². The molecule has 5 heteroatoms. The van der Waals surface area contributed by atoms with Crippen LogP contribution in [0.15, 0.2) is 24.3 Å². The van der Waals surface area contributed by atoms with Crippen LogP contribution >= 0.6 is 0 Å². The normalized spacial score (nSPS) is 10.2. The summed E-state index contributed by atoms with van der Waals surface area (Å²) in [7, 11) is 3.24. The molecule has 0 aliphatic rings. The van der Waals surface area contributed by atoms with Crippen molar-refractivity contribution in [3.63, 3.8) is 0 Å². The van der Waals surface area contributed by atoms with Gasteiger partial charge in [-0.3, -0.25) is 0 Å². The first kappa shape index (κ1) is 14.5. The van der Waals surface area contributed by atoms with E-state index >= 15 is 0 Å². The van der Waals surface area contributed by atoms with Gasteiger partial charge in [0.2, 0.25) is 0 Å². The van der Waals surface area contributed by atoms with E-state index in [0.29, 0.717) is 25.3 Å². The molecule has 0 bridgehead atoms. The number of para-hydroxylation sites is 1. The second-order valence-corrected chi connectivity index (χ2v) is 3.77. The molecule has 0 atom stereocenters. The molecule has 0 aliphatic carbocycles. The number of benzene rings is 1. The van der Waals surface area contributed by atoms with Crippen LogP contribution in [-0.2, 0) is 9.47 Å². The standard InChI is InChI=1S/C13H19NO4/c1-14(7-9-18-10-8-15)12-6-4-3-5-11(12)13(16)17-2/h3-6,15H,7-10H2,1-2H3. The largest absolute Gasteiger partial charge is 0.465 e. The maximum atomic E-state index is 11.6. The summed E-state index contributed by atoms with van der Waals surface area (Å²) in [6.45, 7) is 1.47. The third-order valence-corrected chi connectivity index (χ3v) is 2.53. The Morgan fingerprint density at radius 3 is 2.72 bits per heavy atom. The van der Waals surface area contributed by atoms with Gasteiger partial charge in [0.1, 0.15) is 0 Å². The summed E-state index contributed by atoms with van der Waals surface area (Å²) >= 11 is 0. The highest BCUT2D eigenvalue weighted by Gasteiger charge is 2.13. The third kappa shape index (κ3) is 4.01. The van der Waals surface area contributed by atoms with E-state index in [-0.39, 0.29) is 12.6 Å². The van der Waals surface area contributed by atoms with E-state index in [1.54, 1.807) is 12.1 Å². The van der Waals surface area contributed by atoms with E-state index < -0.39 is 0 Å². The van der Waals surface area contributed by atoms with Gasteiger partial charge in [-0.1, -0.05) is 12.1 Å². The van der Waals surface area contributed by atoms with E-state index in [2.05, 4.69) is 0 Å². The van der Waals surface area contributed by atoms with Gasteiger partial charge in [0.15, 0.2) is 0 Å². The molecule has 1 rings (SSSR count). The Kier molecular flexibility index (Phi) is 6.18. The van der Waals surface area contributed by atoms with Crippen LogP contribution in [0.2, 0.25) is 0 Å². The molecular formula is C13H19NO4. The van der Waals surface area contributed by atoms with E-state index in [1.165, 1.54) is 7.11 Å². The number of rotatable bonds is 7. The highest BCUT2D eigenvalue weighted by Crippen LogP contribution is 2.19. The molecule has 0 unspecified atom stereocenters. The number of nitrogens with zero attached hydrogens (tertiary/aromatic N) is 1. The number of aliphatic hydroxyl groups is 1. The van der Waals surface area contributed by atoms with Gasteiger partial charge in [0.05, 0.1) is 38.2 Å². The molecular weight excluding hydrogens is 234 g/mol. The van der Waals surface area contributed by atoms with Crippen LogP contribution in [0.1, 0.15) is 10.4 Å². The summed E-state index contributed by atoms with van der Waals surface area (Å²) in [5.74, 6) is -0.353. The minimum Gasteiger partial charge on any atom is -0.465 e. The molecule has 1 aromatic carbocycles. The Bertz CT molecular complexity index is 381. The lowest BCUT2D eigenvalue weighted by Gasteiger charge is -2.21. The van der Waals surface area contributed by atoms with Crippen LogP contribution in [0.4, 0.5) is 5.69 Å². The summed E-state index contributed by atoms with van der Waals surface area (Å²) in [6, 6.07) is 7.25. The van der Waals surface area contributed by atoms with Gasteiger partial charge >= 0.3 is 5.97 Å². The highest BCUT2D eigenvalue weighted by atomic mass is 16.5. The maximum absolute atomic E-state index is 11.6. The van der Waals surface area contributed by atoms with Crippen molar-refractivity contribution in [3.8, 4) is 0 Å². The summed E-state index contributed by atoms with van der Waals surface area (Å²) in [4.78, 5) is 13.5. The Morgan fingerprint density at radius 1 is 1.33 bits per heavy atom. The Morgan fingerprint density at radius 2 is 2.06 bits per heavy atom. The zero-order valence-electron chi connectivity index (χ0n) is 10.8. The number of ether oxygens (including phenoxy) is 2. The van der Waals surface area contributed by atoms with Gasteiger partial charge in [-0.25, -0.2) is 4.79 Å². The quantitative estimate of drug-likeness (QED) is 0.578. The predicted molar refractivity (Wildman–Crippen MR) is 69.0 cm³/mol. The van der Waals surface area contributed by atoms with E-state index in [4.69, 9.17) is 14.6 Å². The van der Waals surface area contributed by atoms with Gasteiger partial charge in [-0.15, -0.1) is 0 Å². The average molecular weight is 253 g/mol. The monoisotopic (exact) mass is 253 g/mol. The van der Waals surface area contributed by atoms with E-state index in [1.807, 2.05) is 24.1 Å². The fourth-order valence-corrected chi connectivity index (χ4v) is 1.58. The first-order valence-electron chi connectivity index (χ1n) is 5.77. The Hall–Kier alpha value is -1.59. The van der Waals surface area contributed by atoms with Crippen molar-refractivity contribution in [2.45, 2.75) is 0 Å². The third-order valence-electron chi connectivity index (χ3n) is 2.53. The number of methoxy groups -OCH3 is 1. The fourth-order valence-electron chi connectivity index (χ4n) is 1.58. The Labute approximate surface area is 107 Å². The Balaban J connectivity index is 2.66. The van der Waals surface area contributed by atoms with Crippen molar-refractivity contribution in [2.24, 2.45) is 0 Å². The molecule has 5 nitrogen and oxygen atoms in total. The van der Waals surface area contributed by atoms with Gasteiger partial charge in [0, 0.05) is 13.6 Å². The molecule has 0 saturated heterocycles. The molecule has 1 N–H and O–H groups in total. The van der Waals surface area contributed by atoms with Crippen LogP contribution < -0.4 is 4.90 Å². The van der Waals surface area contributed by atoms with Crippen LogP contribution in [0.3, 0.4) is 0 Å². The molecule has 0 aliphatic heterocycles. The molecule has 0 aromatic heterocycles. The van der Waals surface area contributed by atoms with E-state index in [0.717, 1.165) is 5.69 Å². The summed E-state index contributed by atoms with van der Waals surface area (Å²) in [5, 5.41) is 8.60. The van der Waals surface area contributed by atoms with Crippen LogP contribution in [0, 0.1) is 0 Å². The topological polar surface area (TPSA) is 59.0 Å². The number of hydrogen-bond donors (Lipinski definition) is 1. The lowest BCUT2D eigenvalue weighted by molar-refractivity contribution is 0.0601. The molecule has 0 fully saturated rings. The van der Waals surface area contributed by atoms with Gasteiger partial charge in [0.25, 0.3) is 0 Å². The van der Waals surface area contributed by atoms with Gasteiger partial charge in [-0.2, -0.15) is 0 Å². The van der Waals surface area contributed by atoms with Crippen molar-refractivity contribution in [1.82, 2.24) is 0 Å². The smallest absolute Gasteiger partial charge is 0.339 e. The summed E-state index contributed by atoms with van der Waals surface area (Å²) in [5.41, 5.74) is 1.33. The average Bonchev–Trinajstić information content (AvgIpc) is 2.42.